The van der Waals surface area contributed by atoms with E-state index in [1.165, 1.54) is 16.8 Å². The molecule has 3 rings (SSSR count). The van der Waals surface area contributed by atoms with Gasteiger partial charge in [0.25, 0.3) is 0 Å². The van der Waals surface area contributed by atoms with E-state index in [4.69, 9.17) is 0 Å². The zero-order valence-corrected chi connectivity index (χ0v) is 12.8. The molecule has 1 heterocycles. The van der Waals surface area contributed by atoms with E-state index in [-0.39, 0.29) is 0 Å². The summed E-state index contributed by atoms with van der Waals surface area (Å²) in [4.78, 5) is 4.67. The van der Waals surface area contributed by atoms with Gasteiger partial charge in [-0.05, 0) is 25.0 Å². The van der Waals surface area contributed by atoms with Gasteiger partial charge >= 0.3 is 0 Å². The highest BCUT2D eigenvalue weighted by molar-refractivity contribution is 7.26. The summed E-state index contributed by atoms with van der Waals surface area (Å²) in [6, 6.07) is 16.7. The summed E-state index contributed by atoms with van der Waals surface area (Å²) in [6.07, 6.45) is 2.07. The second kappa shape index (κ2) is 5.22. The van der Waals surface area contributed by atoms with Crippen molar-refractivity contribution in [3.05, 3.63) is 65.9 Å². The van der Waals surface area contributed by atoms with Gasteiger partial charge in [0.15, 0.2) is 0 Å². The highest BCUT2D eigenvalue weighted by atomic mass is 31.0. The number of hydrogen-bond donors (Lipinski definition) is 0. The minimum Gasteiger partial charge on any atom is -0.299 e. The highest BCUT2D eigenvalue weighted by Gasteiger charge is 2.13. The standard InChI is InChI=1S/C17H17N2P/c1-12-7-6-8-13(2)16(12)19-11-15(20)18-17(19)14-9-4-3-5-10-14/h3-11H,20H2,1-2H3. The Morgan fingerprint density at radius 2 is 1.55 bits per heavy atom. The molecule has 0 N–H and O–H groups in total. The molecule has 0 spiro atoms. The third-order valence-electron chi connectivity index (χ3n) is 3.44. The van der Waals surface area contributed by atoms with E-state index in [1.54, 1.807) is 0 Å². The van der Waals surface area contributed by atoms with Crippen molar-refractivity contribution in [2.75, 3.05) is 0 Å². The summed E-state index contributed by atoms with van der Waals surface area (Å²) in [5, 5.41) is 0. The molecule has 2 aromatic carbocycles. The first-order valence-corrected chi connectivity index (χ1v) is 7.21. The molecule has 2 nitrogen and oxygen atoms in total. The van der Waals surface area contributed by atoms with Gasteiger partial charge in [-0.3, -0.25) is 4.57 Å². The van der Waals surface area contributed by atoms with Crippen LogP contribution in [-0.2, 0) is 0 Å². The number of aromatic nitrogens is 2. The van der Waals surface area contributed by atoms with E-state index in [0.29, 0.717) is 0 Å². The average Bonchev–Trinajstić information content (AvgIpc) is 2.81. The van der Waals surface area contributed by atoms with Gasteiger partial charge in [0, 0.05) is 11.8 Å². The lowest BCUT2D eigenvalue weighted by Gasteiger charge is -2.13. The third-order valence-corrected chi connectivity index (χ3v) is 3.72. The number of nitrogens with zero attached hydrogens (tertiary/aromatic N) is 2. The Hall–Kier alpha value is -1.92. The molecule has 0 aliphatic heterocycles. The zero-order valence-electron chi connectivity index (χ0n) is 11.7. The number of hydrogen-bond acceptors (Lipinski definition) is 1. The summed E-state index contributed by atoms with van der Waals surface area (Å²) in [7, 11) is 2.69. The molecular formula is C17H17N2P. The Morgan fingerprint density at radius 3 is 2.20 bits per heavy atom. The predicted octanol–water partition coefficient (Wildman–Crippen LogP) is 3.66. The summed E-state index contributed by atoms with van der Waals surface area (Å²) >= 11 is 0. The van der Waals surface area contributed by atoms with Crippen LogP contribution in [0.1, 0.15) is 11.1 Å². The van der Waals surface area contributed by atoms with Crippen molar-refractivity contribution >= 4 is 14.7 Å². The van der Waals surface area contributed by atoms with Crippen LogP contribution in [-0.4, -0.2) is 9.55 Å². The zero-order chi connectivity index (χ0) is 14.1. The van der Waals surface area contributed by atoms with E-state index in [0.717, 1.165) is 16.8 Å². The van der Waals surface area contributed by atoms with E-state index in [2.05, 4.69) is 69.2 Å². The fourth-order valence-electron chi connectivity index (χ4n) is 2.55. The molecule has 1 unspecified atom stereocenters. The van der Waals surface area contributed by atoms with Gasteiger partial charge in [-0.15, -0.1) is 0 Å². The summed E-state index contributed by atoms with van der Waals surface area (Å²) in [5.74, 6) is 0.980. The van der Waals surface area contributed by atoms with Crippen molar-refractivity contribution in [2.45, 2.75) is 13.8 Å². The molecule has 0 radical (unpaired) electrons. The average molecular weight is 280 g/mol. The van der Waals surface area contributed by atoms with E-state index in [9.17, 15) is 0 Å². The Bertz CT molecular complexity index is 725. The predicted molar refractivity (Wildman–Crippen MR) is 87.8 cm³/mol. The number of imidazole rings is 1. The first-order chi connectivity index (χ1) is 9.66. The summed E-state index contributed by atoms with van der Waals surface area (Å²) < 4.78 is 2.18. The number of para-hydroxylation sites is 1. The molecule has 20 heavy (non-hydrogen) atoms. The van der Waals surface area contributed by atoms with Crippen molar-refractivity contribution in [2.24, 2.45) is 0 Å². The molecule has 0 bridgehead atoms. The van der Waals surface area contributed by atoms with E-state index >= 15 is 0 Å². The molecule has 3 heteroatoms. The van der Waals surface area contributed by atoms with Gasteiger partial charge in [0.05, 0.1) is 11.1 Å². The Balaban J connectivity index is 2.26. The molecule has 0 aliphatic rings. The fourth-order valence-corrected chi connectivity index (χ4v) is 2.82. The van der Waals surface area contributed by atoms with Crippen molar-refractivity contribution < 1.29 is 0 Å². The quantitative estimate of drug-likeness (QED) is 0.655. The Labute approximate surface area is 121 Å². The van der Waals surface area contributed by atoms with Crippen molar-refractivity contribution in [3.8, 4) is 17.1 Å². The number of aryl methyl sites for hydroxylation is 2. The van der Waals surface area contributed by atoms with E-state index < -0.39 is 0 Å². The highest BCUT2D eigenvalue weighted by Crippen LogP contribution is 2.25. The maximum atomic E-state index is 4.67. The molecule has 0 fully saturated rings. The van der Waals surface area contributed by atoms with Crippen molar-refractivity contribution in [1.82, 2.24) is 9.55 Å². The normalized spacial score (nSPS) is 10.8. The Kier molecular flexibility index (Phi) is 3.42. The molecule has 0 amide bonds. The smallest absolute Gasteiger partial charge is 0.145 e. The molecule has 1 aromatic heterocycles. The van der Waals surface area contributed by atoms with Crippen LogP contribution >= 0.6 is 9.24 Å². The van der Waals surface area contributed by atoms with Gasteiger partial charge in [-0.25, -0.2) is 4.98 Å². The van der Waals surface area contributed by atoms with Crippen LogP contribution in [0, 0.1) is 13.8 Å². The maximum absolute atomic E-state index is 4.67. The van der Waals surface area contributed by atoms with Crippen LogP contribution in [0.15, 0.2) is 54.7 Å². The van der Waals surface area contributed by atoms with Crippen LogP contribution in [0.5, 0.6) is 0 Å². The SMILES string of the molecule is Cc1cccc(C)c1-n1cc(P)nc1-c1ccccc1. The molecule has 100 valence electrons. The molecular weight excluding hydrogens is 263 g/mol. The Morgan fingerprint density at radius 1 is 0.900 bits per heavy atom. The van der Waals surface area contributed by atoms with Crippen LogP contribution in [0.4, 0.5) is 0 Å². The van der Waals surface area contributed by atoms with Crippen LogP contribution in [0.2, 0.25) is 0 Å². The molecule has 0 saturated heterocycles. The lowest BCUT2D eigenvalue weighted by atomic mass is 10.1. The first kappa shape index (κ1) is 13.1. The first-order valence-electron chi connectivity index (χ1n) is 6.63. The lowest BCUT2D eigenvalue weighted by molar-refractivity contribution is 1.03. The van der Waals surface area contributed by atoms with Gasteiger partial charge in [-0.1, -0.05) is 57.8 Å². The topological polar surface area (TPSA) is 17.8 Å². The summed E-state index contributed by atoms with van der Waals surface area (Å²) in [5.41, 5.74) is 5.80. The number of benzene rings is 2. The van der Waals surface area contributed by atoms with Gasteiger partial charge in [0.2, 0.25) is 0 Å². The van der Waals surface area contributed by atoms with Gasteiger partial charge in [-0.2, -0.15) is 0 Å². The summed E-state index contributed by atoms with van der Waals surface area (Å²) in [6.45, 7) is 4.28. The third kappa shape index (κ3) is 2.28. The van der Waals surface area contributed by atoms with Crippen LogP contribution in [0.25, 0.3) is 17.1 Å². The fraction of sp³-hybridized carbons (Fsp3) is 0.118. The molecule has 0 aliphatic carbocycles. The molecule has 3 aromatic rings. The van der Waals surface area contributed by atoms with Gasteiger partial charge < -0.3 is 0 Å². The molecule has 1 atom stereocenters. The van der Waals surface area contributed by atoms with Crippen molar-refractivity contribution in [1.29, 1.82) is 0 Å². The maximum Gasteiger partial charge on any atom is 0.145 e. The minimum atomic E-state index is 0.950. The van der Waals surface area contributed by atoms with Gasteiger partial charge in [0.1, 0.15) is 5.82 Å². The van der Waals surface area contributed by atoms with Crippen LogP contribution in [0.3, 0.4) is 0 Å². The lowest BCUT2D eigenvalue weighted by Crippen LogP contribution is -2.01. The van der Waals surface area contributed by atoms with E-state index in [1.807, 2.05) is 18.2 Å². The van der Waals surface area contributed by atoms with Crippen LogP contribution < -0.4 is 5.44 Å². The number of rotatable bonds is 2. The van der Waals surface area contributed by atoms with Crippen molar-refractivity contribution in [3.63, 3.8) is 0 Å². The largest absolute Gasteiger partial charge is 0.299 e. The molecule has 0 saturated carbocycles. The minimum absolute atomic E-state index is 0.950. The second-order valence-corrected chi connectivity index (χ2v) is 5.56. The monoisotopic (exact) mass is 280 g/mol. The second-order valence-electron chi connectivity index (χ2n) is 4.97.